The van der Waals surface area contributed by atoms with Crippen LogP contribution in [0.2, 0.25) is 0 Å². The molecular formula is C13H18O4. The fourth-order valence-electron chi connectivity index (χ4n) is 1.33. The zero-order valence-electron chi connectivity index (χ0n) is 10.5. The lowest BCUT2D eigenvalue weighted by molar-refractivity contribution is -0.247. The fraction of sp³-hybridized carbons (Fsp3) is 0.462. The van der Waals surface area contributed by atoms with Gasteiger partial charge in [0.15, 0.2) is 0 Å². The molecule has 4 nitrogen and oxygen atoms in total. The summed E-state index contributed by atoms with van der Waals surface area (Å²) in [6.45, 7) is 6.94. The molecule has 0 bridgehead atoms. The average Bonchev–Trinajstić information content (AvgIpc) is 2.32. The average molecular weight is 238 g/mol. The molecule has 0 saturated heterocycles. The Hall–Kier alpha value is -1.39. The molecule has 1 aromatic carbocycles. The van der Waals surface area contributed by atoms with Gasteiger partial charge in [-0.15, -0.1) is 0 Å². The van der Waals surface area contributed by atoms with Crippen molar-refractivity contribution in [2.24, 2.45) is 0 Å². The van der Waals surface area contributed by atoms with Crippen LogP contribution in [0.4, 0.5) is 0 Å². The Morgan fingerprint density at radius 1 is 1.24 bits per heavy atom. The van der Waals surface area contributed by atoms with E-state index in [1.165, 1.54) is 0 Å². The van der Waals surface area contributed by atoms with Crippen molar-refractivity contribution in [1.29, 1.82) is 0 Å². The normalized spacial score (nSPS) is 10.3. The summed E-state index contributed by atoms with van der Waals surface area (Å²) in [6.07, 6.45) is 0. The smallest absolute Gasteiger partial charge is 0.373 e. The predicted molar refractivity (Wildman–Crippen MR) is 63.8 cm³/mol. The van der Waals surface area contributed by atoms with E-state index in [-0.39, 0.29) is 6.61 Å². The van der Waals surface area contributed by atoms with Crippen molar-refractivity contribution >= 4 is 5.97 Å². The predicted octanol–water partition coefficient (Wildman–Crippen LogP) is 2.43. The van der Waals surface area contributed by atoms with Gasteiger partial charge >= 0.3 is 5.97 Å². The van der Waals surface area contributed by atoms with Crippen molar-refractivity contribution in [2.75, 3.05) is 19.8 Å². The molecule has 17 heavy (non-hydrogen) atoms. The molecule has 0 aliphatic rings. The Balaban J connectivity index is 2.44. The molecule has 1 aromatic rings. The topological polar surface area (TPSA) is 44.8 Å². The second kappa shape index (κ2) is 7.04. The maximum atomic E-state index is 11.7. The Bertz CT molecular complexity index is 374. The van der Waals surface area contributed by atoms with Gasteiger partial charge in [0.25, 0.3) is 0 Å². The highest BCUT2D eigenvalue weighted by atomic mass is 17.2. The van der Waals surface area contributed by atoms with E-state index < -0.39 is 5.97 Å². The fourth-order valence-corrected chi connectivity index (χ4v) is 1.33. The molecular weight excluding hydrogens is 220 g/mol. The summed E-state index contributed by atoms with van der Waals surface area (Å²) in [4.78, 5) is 21.1. The van der Waals surface area contributed by atoms with Crippen LogP contribution in [0.15, 0.2) is 18.2 Å². The summed E-state index contributed by atoms with van der Waals surface area (Å²) in [5, 5.41) is 0. The first kappa shape index (κ1) is 13.7. The lowest BCUT2D eigenvalue weighted by atomic mass is 10.1. The highest BCUT2D eigenvalue weighted by Gasteiger charge is 2.11. The van der Waals surface area contributed by atoms with Gasteiger partial charge in [0.1, 0.15) is 6.61 Å². The molecule has 94 valence electrons. The molecule has 0 unspecified atom stereocenters. The van der Waals surface area contributed by atoms with Gasteiger partial charge in [-0.25, -0.2) is 4.79 Å². The summed E-state index contributed by atoms with van der Waals surface area (Å²) in [5.74, 6) is -0.470. The molecule has 0 heterocycles. The Morgan fingerprint density at radius 3 is 2.71 bits per heavy atom. The first-order valence-electron chi connectivity index (χ1n) is 5.64. The van der Waals surface area contributed by atoms with Gasteiger partial charge in [-0.05, 0) is 32.4 Å². The van der Waals surface area contributed by atoms with Crippen LogP contribution < -0.4 is 0 Å². The van der Waals surface area contributed by atoms with Gasteiger partial charge < -0.3 is 4.74 Å². The highest BCUT2D eigenvalue weighted by Crippen LogP contribution is 2.11. The number of rotatable bonds is 6. The molecule has 0 atom stereocenters. The first-order valence-corrected chi connectivity index (χ1v) is 5.64. The third-order valence-corrected chi connectivity index (χ3v) is 2.26. The van der Waals surface area contributed by atoms with Gasteiger partial charge in [0.05, 0.1) is 12.2 Å². The first-order chi connectivity index (χ1) is 8.15. The zero-order chi connectivity index (χ0) is 12.7. The number of ether oxygens (including phenoxy) is 1. The van der Waals surface area contributed by atoms with Gasteiger partial charge in [-0.2, -0.15) is 4.89 Å². The lowest BCUT2D eigenvalue weighted by Gasteiger charge is -2.06. The molecule has 0 aromatic heterocycles. The Morgan fingerprint density at radius 2 is 2.00 bits per heavy atom. The van der Waals surface area contributed by atoms with Crippen LogP contribution in [-0.2, 0) is 14.5 Å². The molecule has 0 amide bonds. The number of hydrogen-bond acceptors (Lipinski definition) is 4. The summed E-state index contributed by atoms with van der Waals surface area (Å²) >= 11 is 0. The molecule has 0 saturated carbocycles. The van der Waals surface area contributed by atoms with Crippen molar-refractivity contribution in [2.45, 2.75) is 20.8 Å². The minimum atomic E-state index is -0.470. The van der Waals surface area contributed by atoms with Crippen LogP contribution in [0.5, 0.6) is 0 Å². The largest absolute Gasteiger partial charge is 0.379 e. The molecule has 4 heteroatoms. The number of hydrogen-bond donors (Lipinski definition) is 0. The SMILES string of the molecule is CCOCCOOC(=O)c1cc(C)ccc1C. The van der Waals surface area contributed by atoms with E-state index in [0.717, 1.165) is 11.1 Å². The molecule has 0 N–H and O–H groups in total. The maximum absolute atomic E-state index is 11.7. The van der Waals surface area contributed by atoms with E-state index >= 15 is 0 Å². The summed E-state index contributed by atoms with van der Waals surface area (Å²) in [6, 6.07) is 5.61. The van der Waals surface area contributed by atoms with E-state index in [2.05, 4.69) is 0 Å². The molecule has 0 spiro atoms. The van der Waals surface area contributed by atoms with Crippen molar-refractivity contribution < 1.29 is 19.3 Å². The monoisotopic (exact) mass is 238 g/mol. The number of carbonyl (C=O) groups is 1. The van der Waals surface area contributed by atoms with E-state index in [1.54, 1.807) is 6.07 Å². The lowest BCUT2D eigenvalue weighted by Crippen LogP contribution is -2.11. The van der Waals surface area contributed by atoms with Crippen LogP contribution >= 0.6 is 0 Å². The highest BCUT2D eigenvalue weighted by molar-refractivity contribution is 5.90. The quantitative estimate of drug-likeness (QED) is 0.434. The molecule has 1 rings (SSSR count). The maximum Gasteiger partial charge on any atom is 0.373 e. The van der Waals surface area contributed by atoms with Crippen LogP contribution in [-0.4, -0.2) is 25.8 Å². The van der Waals surface area contributed by atoms with Crippen LogP contribution in [0.3, 0.4) is 0 Å². The van der Waals surface area contributed by atoms with Crippen molar-refractivity contribution in [3.63, 3.8) is 0 Å². The van der Waals surface area contributed by atoms with Gasteiger partial charge in [0, 0.05) is 6.61 Å². The van der Waals surface area contributed by atoms with E-state index in [1.807, 2.05) is 32.9 Å². The molecule has 0 aliphatic heterocycles. The number of benzene rings is 1. The second-order valence-electron chi connectivity index (χ2n) is 3.71. The third-order valence-electron chi connectivity index (χ3n) is 2.26. The van der Waals surface area contributed by atoms with Gasteiger partial charge in [-0.3, -0.25) is 4.89 Å². The summed E-state index contributed by atoms with van der Waals surface area (Å²) < 4.78 is 5.05. The number of aryl methyl sites for hydroxylation is 2. The third kappa shape index (κ3) is 4.54. The molecule has 0 aliphatic carbocycles. The van der Waals surface area contributed by atoms with Crippen LogP contribution in [0, 0.1) is 13.8 Å². The summed E-state index contributed by atoms with van der Waals surface area (Å²) in [7, 11) is 0. The Labute approximate surface area is 101 Å². The zero-order valence-corrected chi connectivity index (χ0v) is 10.5. The minimum Gasteiger partial charge on any atom is -0.379 e. The summed E-state index contributed by atoms with van der Waals surface area (Å²) in [5.41, 5.74) is 2.41. The van der Waals surface area contributed by atoms with Crippen molar-refractivity contribution in [1.82, 2.24) is 0 Å². The van der Waals surface area contributed by atoms with E-state index in [0.29, 0.717) is 18.8 Å². The van der Waals surface area contributed by atoms with Crippen LogP contribution in [0.1, 0.15) is 28.4 Å². The Kier molecular flexibility index (Phi) is 5.66. The van der Waals surface area contributed by atoms with E-state index in [9.17, 15) is 4.79 Å². The molecule has 0 fully saturated rings. The van der Waals surface area contributed by atoms with Crippen molar-refractivity contribution in [3.8, 4) is 0 Å². The van der Waals surface area contributed by atoms with Crippen LogP contribution in [0.25, 0.3) is 0 Å². The second-order valence-corrected chi connectivity index (χ2v) is 3.71. The minimum absolute atomic E-state index is 0.241. The van der Waals surface area contributed by atoms with E-state index in [4.69, 9.17) is 14.5 Å². The van der Waals surface area contributed by atoms with Gasteiger partial charge in [-0.1, -0.05) is 17.7 Å². The van der Waals surface area contributed by atoms with Gasteiger partial charge in [0.2, 0.25) is 0 Å². The van der Waals surface area contributed by atoms with Crippen molar-refractivity contribution in [3.05, 3.63) is 34.9 Å². The molecule has 0 radical (unpaired) electrons. The number of carbonyl (C=O) groups excluding carboxylic acids is 1. The standard InChI is InChI=1S/C13H18O4/c1-4-15-7-8-16-17-13(14)12-9-10(2)5-6-11(12)3/h5-6,9H,4,7-8H2,1-3H3.